The van der Waals surface area contributed by atoms with Crippen LogP contribution >= 0.6 is 11.9 Å². The maximum atomic E-state index is 14.9. The maximum absolute atomic E-state index is 14.9. The van der Waals surface area contributed by atoms with Crippen LogP contribution in [0.25, 0.3) is 11.1 Å². The molecule has 2 N–H and O–H groups in total. The van der Waals surface area contributed by atoms with E-state index in [-0.39, 0.29) is 17.9 Å². The highest BCUT2D eigenvalue weighted by Gasteiger charge is 2.52. The number of hydrogen-bond acceptors (Lipinski definition) is 3. The van der Waals surface area contributed by atoms with Crippen molar-refractivity contribution in [3.05, 3.63) is 59.9 Å². The molecule has 0 bridgehead atoms. The van der Waals surface area contributed by atoms with Gasteiger partial charge in [-0.15, -0.1) is 0 Å². The molecular formula is C18H18F2N2S. The van der Waals surface area contributed by atoms with Crippen molar-refractivity contribution >= 4 is 11.9 Å². The van der Waals surface area contributed by atoms with Crippen LogP contribution in [-0.2, 0) is 6.42 Å². The number of fused-ring (bicyclic) bond motifs is 1. The summed E-state index contributed by atoms with van der Waals surface area (Å²) in [6.45, 7) is 0.336. The number of halogens is 2. The average molecular weight is 332 g/mol. The molecule has 2 saturated heterocycles. The third kappa shape index (κ3) is 2.67. The van der Waals surface area contributed by atoms with Crippen LogP contribution in [0.2, 0.25) is 0 Å². The van der Waals surface area contributed by atoms with Gasteiger partial charge in [-0.1, -0.05) is 60.5 Å². The number of hydrogen-bond donors (Lipinski definition) is 2. The highest BCUT2D eigenvalue weighted by Crippen LogP contribution is 2.36. The Morgan fingerprint density at radius 1 is 1.13 bits per heavy atom. The SMILES string of the molecule is Fc1c(CC2NCC3(F)CSNC23)cccc1-c1ccccc1. The van der Waals surface area contributed by atoms with E-state index in [0.29, 0.717) is 29.8 Å². The van der Waals surface area contributed by atoms with E-state index in [1.165, 1.54) is 11.9 Å². The third-order valence-corrected chi connectivity index (χ3v) is 5.79. The first-order valence-electron chi connectivity index (χ1n) is 7.80. The standard InChI is InChI=1S/C18H18F2N2S/c19-16-13(7-4-8-14(16)12-5-2-1-3-6-12)9-15-17-18(20,10-21-15)11-23-22-17/h1-8,15,17,21-22H,9-11H2. The summed E-state index contributed by atoms with van der Waals surface area (Å²) in [7, 11) is 0. The predicted molar refractivity (Wildman–Crippen MR) is 90.6 cm³/mol. The Labute approximate surface area is 138 Å². The molecule has 3 unspecified atom stereocenters. The van der Waals surface area contributed by atoms with Crippen molar-refractivity contribution in [1.82, 2.24) is 10.0 Å². The molecule has 0 amide bonds. The van der Waals surface area contributed by atoms with Gasteiger partial charge in [0.2, 0.25) is 0 Å². The van der Waals surface area contributed by atoms with Gasteiger partial charge >= 0.3 is 0 Å². The minimum atomic E-state index is -1.22. The van der Waals surface area contributed by atoms with Crippen molar-refractivity contribution in [2.45, 2.75) is 24.2 Å². The number of alkyl halides is 1. The van der Waals surface area contributed by atoms with Crippen molar-refractivity contribution in [3.8, 4) is 11.1 Å². The smallest absolute Gasteiger partial charge is 0.151 e. The first-order valence-corrected chi connectivity index (χ1v) is 8.78. The lowest BCUT2D eigenvalue weighted by Gasteiger charge is -2.21. The van der Waals surface area contributed by atoms with Gasteiger partial charge in [-0.05, 0) is 17.5 Å². The summed E-state index contributed by atoms with van der Waals surface area (Å²) in [4.78, 5) is 0. The van der Waals surface area contributed by atoms with E-state index in [2.05, 4.69) is 10.0 Å². The van der Waals surface area contributed by atoms with Crippen molar-refractivity contribution in [2.75, 3.05) is 12.3 Å². The lowest BCUT2D eigenvalue weighted by atomic mass is 9.92. The molecule has 2 nitrogen and oxygen atoms in total. The summed E-state index contributed by atoms with van der Waals surface area (Å²) >= 11 is 1.42. The van der Waals surface area contributed by atoms with Crippen molar-refractivity contribution in [2.24, 2.45) is 0 Å². The van der Waals surface area contributed by atoms with Crippen LogP contribution in [-0.4, -0.2) is 30.1 Å². The molecular weight excluding hydrogens is 314 g/mol. The zero-order valence-corrected chi connectivity index (χ0v) is 13.4. The molecule has 120 valence electrons. The van der Waals surface area contributed by atoms with E-state index < -0.39 is 5.67 Å². The van der Waals surface area contributed by atoms with Crippen LogP contribution in [0.1, 0.15) is 5.56 Å². The minimum Gasteiger partial charge on any atom is -0.309 e. The molecule has 2 heterocycles. The molecule has 0 aromatic heterocycles. The Morgan fingerprint density at radius 3 is 2.78 bits per heavy atom. The maximum Gasteiger partial charge on any atom is 0.151 e. The Balaban J connectivity index is 1.61. The highest BCUT2D eigenvalue weighted by molar-refractivity contribution is 7.97. The van der Waals surface area contributed by atoms with Crippen LogP contribution in [0.4, 0.5) is 8.78 Å². The number of nitrogens with one attached hydrogen (secondary N) is 2. The van der Waals surface area contributed by atoms with Gasteiger partial charge in [-0.3, -0.25) is 4.72 Å². The van der Waals surface area contributed by atoms with Gasteiger partial charge in [0.25, 0.3) is 0 Å². The van der Waals surface area contributed by atoms with E-state index in [0.717, 1.165) is 5.56 Å². The molecule has 23 heavy (non-hydrogen) atoms. The normalized spacial score (nSPS) is 29.7. The second-order valence-electron chi connectivity index (χ2n) is 6.26. The van der Waals surface area contributed by atoms with Crippen LogP contribution in [0.5, 0.6) is 0 Å². The summed E-state index contributed by atoms with van der Waals surface area (Å²) in [5.74, 6) is 0.246. The molecule has 0 aliphatic carbocycles. The second-order valence-corrected chi connectivity index (χ2v) is 7.07. The molecule has 0 spiro atoms. The summed E-state index contributed by atoms with van der Waals surface area (Å²) < 4.78 is 32.7. The summed E-state index contributed by atoms with van der Waals surface area (Å²) in [6.07, 6.45) is 0.483. The fourth-order valence-corrected chi connectivity index (χ4v) is 4.63. The van der Waals surface area contributed by atoms with E-state index in [9.17, 15) is 8.78 Å². The van der Waals surface area contributed by atoms with E-state index in [4.69, 9.17) is 0 Å². The monoisotopic (exact) mass is 332 g/mol. The molecule has 2 aliphatic heterocycles. The van der Waals surface area contributed by atoms with Crippen LogP contribution in [0, 0.1) is 5.82 Å². The van der Waals surface area contributed by atoms with Gasteiger partial charge in [0, 0.05) is 23.9 Å². The largest absolute Gasteiger partial charge is 0.309 e. The van der Waals surface area contributed by atoms with Crippen molar-refractivity contribution < 1.29 is 8.78 Å². The van der Waals surface area contributed by atoms with Gasteiger partial charge in [0.15, 0.2) is 5.67 Å². The van der Waals surface area contributed by atoms with E-state index >= 15 is 0 Å². The molecule has 2 aromatic carbocycles. The lowest BCUT2D eigenvalue weighted by molar-refractivity contribution is 0.197. The van der Waals surface area contributed by atoms with Gasteiger partial charge in [0.1, 0.15) is 5.82 Å². The van der Waals surface area contributed by atoms with Crippen LogP contribution in [0.3, 0.4) is 0 Å². The molecule has 2 aliphatic rings. The van der Waals surface area contributed by atoms with Gasteiger partial charge in [-0.25, -0.2) is 8.78 Å². The highest BCUT2D eigenvalue weighted by atomic mass is 32.2. The minimum absolute atomic E-state index is 0.0875. The van der Waals surface area contributed by atoms with E-state index in [1.807, 2.05) is 36.4 Å². The molecule has 0 radical (unpaired) electrons. The summed E-state index contributed by atoms with van der Waals surface area (Å²) in [6, 6.07) is 14.6. The van der Waals surface area contributed by atoms with Crippen molar-refractivity contribution in [1.29, 1.82) is 0 Å². The number of benzene rings is 2. The number of rotatable bonds is 3. The fraction of sp³-hybridized carbons (Fsp3) is 0.333. The fourth-order valence-electron chi connectivity index (χ4n) is 3.47. The van der Waals surface area contributed by atoms with Gasteiger partial charge < -0.3 is 5.32 Å². The third-order valence-electron chi connectivity index (χ3n) is 4.74. The average Bonchev–Trinajstić information content (AvgIpc) is 3.08. The molecule has 2 aromatic rings. The van der Waals surface area contributed by atoms with Crippen molar-refractivity contribution in [3.63, 3.8) is 0 Å². The molecule has 5 heteroatoms. The molecule has 0 saturated carbocycles. The zero-order valence-electron chi connectivity index (χ0n) is 12.6. The summed E-state index contributed by atoms with van der Waals surface area (Å²) in [5, 5.41) is 3.22. The Hall–Kier alpha value is -1.43. The van der Waals surface area contributed by atoms with Gasteiger partial charge in [0.05, 0.1) is 6.04 Å². The second kappa shape index (κ2) is 5.89. The van der Waals surface area contributed by atoms with Crippen LogP contribution < -0.4 is 10.0 Å². The van der Waals surface area contributed by atoms with Gasteiger partial charge in [-0.2, -0.15) is 0 Å². The lowest BCUT2D eigenvalue weighted by Crippen LogP contribution is -2.44. The van der Waals surface area contributed by atoms with Crippen LogP contribution in [0.15, 0.2) is 48.5 Å². The topological polar surface area (TPSA) is 24.1 Å². The molecule has 2 fully saturated rings. The quantitative estimate of drug-likeness (QED) is 0.843. The zero-order chi connectivity index (χ0) is 15.9. The predicted octanol–water partition coefficient (Wildman–Crippen LogP) is 3.34. The first kappa shape index (κ1) is 15.1. The van der Waals surface area contributed by atoms with E-state index in [1.54, 1.807) is 12.1 Å². The Bertz CT molecular complexity index is 709. The summed E-state index contributed by atoms with van der Waals surface area (Å²) in [5.41, 5.74) is 0.872. The molecule has 3 atom stereocenters. The Kier molecular flexibility index (Phi) is 3.87. The first-order chi connectivity index (χ1) is 11.2. The Morgan fingerprint density at radius 2 is 1.96 bits per heavy atom. The molecule has 4 rings (SSSR count).